The minimum absolute atomic E-state index is 0.0130. The third-order valence-electron chi connectivity index (χ3n) is 7.68. The molecule has 3 amide bonds. The molecule has 2 aromatic carbocycles. The Labute approximate surface area is 237 Å². The molecule has 0 bridgehead atoms. The lowest BCUT2D eigenvalue weighted by Gasteiger charge is -2.39. The van der Waals surface area contributed by atoms with E-state index in [1.807, 2.05) is 67.3 Å². The zero-order valence-corrected chi connectivity index (χ0v) is 24.1. The smallest absolute Gasteiger partial charge is 0.240 e. The molecule has 0 aromatic heterocycles. The Kier molecular flexibility index (Phi) is 9.08. The number of piperidine rings is 1. The van der Waals surface area contributed by atoms with E-state index in [1.165, 1.54) is 0 Å². The van der Waals surface area contributed by atoms with Crippen LogP contribution in [0.5, 0.6) is 0 Å². The fraction of sp³-hybridized carbons (Fsp3) is 0.500. The number of ketones is 1. The van der Waals surface area contributed by atoms with E-state index in [2.05, 4.69) is 5.32 Å². The van der Waals surface area contributed by atoms with Crippen LogP contribution in [-0.4, -0.2) is 41.6 Å². The number of fused-ring (bicyclic) bond motifs is 1. The zero-order chi connectivity index (χ0) is 29.0. The summed E-state index contributed by atoms with van der Waals surface area (Å²) in [5, 5.41) is 2.84. The first kappa shape index (κ1) is 29.5. The number of nitrogens with one attached hydrogen (secondary N) is 1. The molecule has 0 aliphatic carbocycles. The number of amides is 3. The van der Waals surface area contributed by atoms with E-state index in [1.54, 1.807) is 18.7 Å². The summed E-state index contributed by atoms with van der Waals surface area (Å²) in [5.74, 6) is -1.05. The van der Waals surface area contributed by atoms with Gasteiger partial charge < -0.3 is 20.9 Å². The summed E-state index contributed by atoms with van der Waals surface area (Å²) < 4.78 is 0. The topological polar surface area (TPSA) is 113 Å². The quantitative estimate of drug-likeness (QED) is 0.465. The molecule has 4 rings (SSSR count). The first-order valence-corrected chi connectivity index (χ1v) is 14.4. The highest BCUT2D eigenvalue weighted by molar-refractivity contribution is 6.07. The molecule has 8 heteroatoms. The summed E-state index contributed by atoms with van der Waals surface area (Å²) in [5.41, 5.74) is 8.28. The molecule has 0 spiro atoms. The van der Waals surface area contributed by atoms with E-state index in [-0.39, 0.29) is 29.9 Å². The Bertz CT molecular complexity index is 1250. The molecule has 0 saturated carbocycles. The van der Waals surface area contributed by atoms with Gasteiger partial charge in [-0.1, -0.05) is 56.3 Å². The largest absolute Gasteiger partial charge is 0.345 e. The predicted octanol–water partition coefficient (Wildman–Crippen LogP) is 4.14. The second-order valence-electron chi connectivity index (χ2n) is 12.1. The number of hydrogen-bond donors (Lipinski definition) is 2. The fourth-order valence-corrected chi connectivity index (χ4v) is 5.57. The maximum absolute atomic E-state index is 14.1. The van der Waals surface area contributed by atoms with Crippen LogP contribution in [0, 0.1) is 11.8 Å². The van der Waals surface area contributed by atoms with Crippen molar-refractivity contribution in [3.8, 4) is 0 Å². The lowest BCUT2D eigenvalue weighted by Crippen LogP contribution is -2.54. The van der Waals surface area contributed by atoms with Crippen LogP contribution in [0.4, 0.5) is 11.4 Å². The number of Topliss-reactive ketones (excluding diaryl/α,β-unsaturated/α-hetero) is 1. The Morgan fingerprint density at radius 2 is 1.77 bits per heavy atom. The molecule has 2 aliphatic heterocycles. The van der Waals surface area contributed by atoms with Crippen LogP contribution in [-0.2, 0) is 32.1 Å². The van der Waals surface area contributed by atoms with Crippen molar-refractivity contribution in [2.75, 3.05) is 16.3 Å². The molecule has 40 heavy (non-hydrogen) atoms. The SMILES string of the molecule is CC(C)C[C@@H](NC(=O)C(C)(C)N)C(=O)CC1Cc2cccc(N3CCCCC3=O)c2N(Cc2ccccc2)C1=O. The first-order chi connectivity index (χ1) is 19.0. The van der Waals surface area contributed by atoms with Crippen molar-refractivity contribution in [3.63, 3.8) is 0 Å². The highest BCUT2D eigenvalue weighted by Crippen LogP contribution is 2.41. The zero-order valence-electron chi connectivity index (χ0n) is 24.1. The number of hydrogen-bond acceptors (Lipinski definition) is 5. The van der Waals surface area contributed by atoms with Crippen LogP contribution in [0.3, 0.4) is 0 Å². The molecule has 2 heterocycles. The van der Waals surface area contributed by atoms with Crippen molar-refractivity contribution in [1.29, 1.82) is 0 Å². The number of para-hydroxylation sites is 1. The van der Waals surface area contributed by atoms with Gasteiger partial charge in [-0.3, -0.25) is 19.2 Å². The average molecular weight is 547 g/mol. The Balaban J connectivity index is 1.67. The van der Waals surface area contributed by atoms with Gasteiger partial charge in [-0.05, 0) is 62.6 Å². The number of anilines is 2. The van der Waals surface area contributed by atoms with Crippen molar-refractivity contribution in [1.82, 2.24) is 5.32 Å². The summed E-state index contributed by atoms with van der Waals surface area (Å²) in [7, 11) is 0. The Hall–Kier alpha value is -3.52. The van der Waals surface area contributed by atoms with Crippen LogP contribution in [0.2, 0.25) is 0 Å². The van der Waals surface area contributed by atoms with Gasteiger partial charge in [0.1, 0.15) is 0 Å². The van der Waals surface area contributed by atoms with Crippen molar-refractivity contribution in [2.24, 2.45) is 17.6 Å². The summed E-state index contributed by atoms with van der Waals surface area (Å²) in [6, 6.07) is 14.9. The van der Waals surface area contributed by atoms with Crippen molar-refractivity contribution in [3.05, 3.63) is 59.7 Å². The Morgan fingerprint density at radius 3 is 2.42 bits per heavy atom. The number of benzene rings is 2. The van der Waals surface area contributed by atoms with Gasteiger partial charge in [0, 0.05) is 25.3 Å². The van der Waals surface area contributed by atoms with Crippen molar-refractivity contribution < 1.29 is 19.2 Å². The molecule has 1 saturated heterocycles. The fourth-order valence-electron chi connectivity index (χ4n) is 5.57. The molecular formula is C32H42N4O4. The number of nitrogens with zero attached hydrogens (tertiary/aromatic N) is 2. The van der Waals surface area contributed by atoms with Crippen LogP contribution in [0.25, 0.3) is 0 Å². The van der Waals surface area contributed by atoms with Crippen LogP contribution < -0.4 is 20.9 Å². The molecule has 1 fully saturated rings. The van der Waals surface area contributed by atoms with Crippen LogP contribution >= 0.6 is 0 Å². The van der Waals surface area contributed by atoms with Gasteiger partial charge >= 0.3 is 0 Å². The molecule has 8 nitrogen and oxygen atoms in total. The second kappa shape index (κ2) is 12.3. The summed E-state index contributed by atoms with van der Waals surface area (Å²) in [6.07, 6.45) is 3.16. The number of carbonyl (C=O) groups excluding carboxylic acids is 4. The molecular weight excluding hydrogens is 504 g/mol. The summed E-state index contributed by atoms with van der Waals surface area (Å²) in [4.78, 5) is 56.9. The van der Waals surface area contributed by atoms with Gasteiger partial charge in [0.15, 0.2) is 5.78 Å². The van der Waals surface area contributed by atoms with Crippen molar-refractivity contribution in [2.45, 2.75) is 84.3 Å². The Morgan fingerprint density at radius 1 is 1.05 bits per heavy atom. The van der Waals surface area contributed by atoms with E-state index in [0.717, 1.165) is 35.3 Å². The lowest BCUT2D eigenvalue weighted by atomic mass is 9.84. The third-order valence-corrected chi connectivity index (χ3v) is 7.68. The third kappa shape index (κ3) is 6.78. The number of rotatable bonds is 10. The van der Waals surface area contributed by atoms with E-state index in [4.69, 9.17) is 5.73 Å². The van der Waals surface area contributed by atoms with Crippen LogP contribution in [0.15, 0.2) is 48.5 Å². The standard InChI is InChI=1S/C32H42N4O4/c1-21(2)17-25(34-31(40)32(3,4)33)27(37)19-24-18-23-13-10-14-26(35-16-9-8-15-28(35)38)29(23)36(30(24)39)20-22-11-6-5-7-12-22/h5-7,10-14,21,24-25H,8-9,15-20,33H2,1-4H3,(H,34,40)/t24?,25-/m1/s1. The molecule has 2 atom stereocenters. The minimum atomic E-state index is -1.12. The highest BCUT2D eigenvalue weighted by Gasteiger charge is 2.39. The highest BCUT2D eigenvalue weighted by atomic mass is 16.2. The van der Waals surface area contributed by atoms with Crippen molar-refractivity contribution >= 4 is 34.9 Å². The summed E-state index contributed by atoms with van der Waals surface area (Å²) in [6.45, 7) is 8.16. The molecule has 214 valence electrons. The van der Waals surface area contributed by atoms with Gasteiger partial charge in [0.25, 0.3) is 0 Å². The predicted molar refractivity (Wildman–Crippen MR) is 157 cm³/mol. The minimum Gasteiger partial charge on any atom is -0.345 e. The summed E-state index contributed by atoms with van der Waals surface area (Å²) >= 11 is 0. The maximum atomic E-state index is 14.1. The normalized spacial score (nSPS) is 18.5. The monoisotopic (exact) mass is 546 g/mol. The van der Waals surface area contributed by atoms with Gasteiger partial charge in [-0.25, -0.2) is 0 Å². The van der Waals surface area contributed by atoms with Gasteiger partial charge in [0.05, 0.1) is 29.5 Å². The molecule has 2 aromatic rings. The first-order valence-electron chi connectivity index (χ1n) is 14.4. The number of carbonyl (C=O) groups is 4. The van der Waals surface area contributed by atoms with E-state index >= 15 is 0 Å². The van der Waals surface area contributed by atoms with E-state index in [9.17, 15) is 19.2 Å². The van der Waals surface area contributed by atoms with E-state index in [0.29, 0.717) is 32.4 Å². The number of nitrogens with two attached hydrogens (primary N) is 1. The van der Waals surface area contributed by atoms with Gasteiger partial charge in [0.2, 0.25) is 17.7 Å². The molecule has 0 radical (unpaired) electrons. The average Bonchev–Trinajstić information content (AvgIpc) is 2.90. The molecule has 1 unspecified atom stereocenters. The molecule has 2 aliphatic rings. The van der Waals surface area contributed by atoms with Gasteiger partial charge in [-0.2, -0.15) is 0 Å². The lowest BCUT2D eigenvalue weighted by molar-refractivity contribution is -0.132. The molecule has 3 N–H and O–H groups in total. The van der Waals surface area contributed by atoms with Crippen LogP contribution in [0.1, 0.15) is 70.9 Å². The second-order valence-corrected chi connectivity index (χ2v) is 12.1. The van der Waals surface area contributed by atoms with Gasteiger partial charge in [-0.15, -0.1) is 0 Å². The van der Waals surface area contributed by atoms with E-state index < -0.39 is 23.4 Å². The maximum Gasteiger partial charge on any atom is 0.240 e.